The van der Waals surface area contributed by atoms with Crippen LogP contribution in [-0.4, -0.2) is 12.1 Å². The Bertz CT molecular complexity index is 331. The normalized spacial score (nSPS) is 14.0. The molecule has 0 N–H and O–H groups in total. The molecule has 0 aliphatic rings. The molecule has 0 amide bonds. The van der Waals surface area contributed by atoms with Crippen LogP contribution in [0.5, 0.6) is 0 Å². The van der Waals surface area contributed by atoms with Crippen molar-refractivity contribution in [2.24, 2.45) is 5.92 Å². The summed E-state index contributed by atoms with van der Waals surface area (Å²) in [5, 5.41) is 0. The second-order valence-electron chi connectivity index (χ2n) is 6.23. The highest BCUT2D eigenvalue weighted by Gasteiger charge is 2.23. The first-order valence-corrected chi connectivity index (χ1v) is 9.08. The second-order valence-corrected chi connectivity index (χ2v) is 6.23. The summed E-state index contributed by atoms with van der Waals surface area (Å²) in [6, 6.07) is 0. The molecule has 2 unspecified atom stereocenters. The molecule has 0 bridgehead atoms. The molecule has 0 aliphatic heterocycles. The van der Waals surface area contributed by atoms with E-state index in [-0.39, 0.29) is 12.1 Å². The van der Waals surface area contributed by atoms with E-state index in [0.29, 0.717) is 11.5 Å². The van der Waals surface area contributed by atoms with Crippen LogP contribution in [0.3, 0.4) is 0 Å². The molecular weight excluding hydrogens is 272 g/mol. The van der Waals surface area contributed by atoms with Gasteiger partial charge in [0.2, 0.25) is 0 Å². The van der Waals surface area contributed by atoms with Gasteiger partial charge in [-0.2, -0.15) is 0 Å². The van der Waals surface area contributed by atoms with E-state index in [4.69, 9.17) is 4.74 Å². The van der Waals surface area contributed by atoms with Crippen LogP contribution >= 0.6 is 0 Å². The Kier molecular flexibility index (Phi) is 13.0. The number of hydrogen-bond acceptors (Lipinski definition) is 2. The first-order valence-electron chi connectivity index (χ1n) is 9.08. The topological polar surface area (TPSA) is 26.3 Å². The zero-order chi connectivity index (χ0) is 16.8. The fourth-order valence-corrected chi connectivity index (χ4v) is 2.75. The molecule has 0 aromatic rings. The minimum Gasteiger partial charge on any atom is -0.459 e. The Balaban J connectivity index is 4.45. The summed E-state index contributed by atoms with van der Waals surface area (Å²) in [4.78, 5) is 11.9. The zero-order valence-corrected chi connectivity index (χ0v) is 15.2. The summed E-state index contributed by atoms with van der Waals surface area (Å²) in [5.74, 6) is 0.258. The molecule has 0 saturated carbocycles. The number of allylic oxidation sites excluding steroid dienone is 2. The quantitative estimate of drug-likeness (QED) is 0.175. The monoisotopic (exact) mass is 308 g/mol. The molecule has 0 saturated heterocycles. The number of ether oxygens (including phenoxy) is 1. The molecule has 0 rings (SSSR count). The van der Waals surface area contributed by atoms with Crippen molar-refractivity contribution in [3.05, 3.63) is 24.3 Å². The molecule has 2 heteroatoms. The average molecular weight is 309 g/mol. The van der Waals surface area contributed by atoms with E-state index >= 15 is 0 Å². The zero-order valence-electron chi connectivity index (χ0n) is 15.2. The van der Waals surface area contributed by atoms with Crippen molar-refractivity contribution in [2.45, 2.75) is 91.6 Å². The maximum atomic E-state index is 11.9. The van der Waals surface area contributed by atoms with Crippen molar-refractivity contribution < 1.29 is 9.53 Å². The van der Waals surface area contributed by atoms with Gasteiger partial charge in [-0.1, -0.05) is 58.8 Å². The van der Waals surface area contributed by atoms with E-state index in [9.17, 15) is 4.79 Å². The first-order chi connectivity index (χ1) is 10.6. The summed E-state index contributed by atoms with van der Waals surface area (Å²) in [7, 11) is 0. The molecule has 0 radical (unpaired) electrons. The SMILES string of the molecule is C=C(C)C(=O)OC(CCC)C(CCC)CCCC/C=C/CC. The highest BCUT2D eigenvalue weighted by molar-refractivity contribution is 5.87. The smallest absolute Gasteiger partial charge is 0.333 e. The Morgan fingerprint density at radius 2 is 1.73 bits per heavy atom. The van der Waals surface area contributed by atoms with Crippen LogP contribution < -0.4 is 0 Å². The Morgan fingerprint density at radius 1 is 1.05 bits per heavy atom. The second kappa shape index (κ2) is 13.6. The fourth-order valence-electron chi connectivity index (χ4n) is 2.75. The van der Waals surface area contributed by atoms with Gasteiger partial charge >= 0.3 is 5.97 Å². The van der Waals surface area contributed by atoms with Gasteiger partial charge in [-0.05, 0) is 51.4 Å². The number of unbranched alkanes of at least 4 members (excludes halogenated alkanes) is 2. The third kappa shape index (κ3) is 9.81. The average Bonchev–Trinajstić information content (AvgIpc) is 2.49. The maximum absolute atomic E-state index is 11.9. The van der Waals surface area contributed by atoms with Crippen LogP contribution in [0.15, 0.2) is 24.3 Å². The van der Waals surface area contributed by atoms with Crippen LogP contribution in [0.25, 0.3) is 0 Å². The fraction of sp³-hybridized carbons (Fsp3) is 0.750. The molecule has 0 aliphatic carbocycles. The van der Waals surface area contributed by atoms with E-state index in [2.05, 4.69) is 39.5 Å². The van der Waals surface area contributed by atoms with Crippen molar-refractivity contribution in [3.8, 4) is 0 Å². The van der Waals surface area contributed by atoms with Gasteiger partial charge in [0.1, 0.15) is 6.10 Å². The summed E-state index contributed by atoms with van der Waals surface area (Å²) in [5.41, 5.74) is 0.501. The molecule has 0 aromatic heterocycles. The van der Waals surface area contributed by atoms with Crippen LogP contribution in [0.2, 0.25) is 0 Å². The lowest BCUT2D eigenvalue weighted by Crippen LogP contribution is -2.27. The van der Waals surface area contributed by atoms with Gasteiger partial charge in [-0.15, -0.1) is 0 Å². The lowest BCUT2D eigenvalue weighted by molar-refractivity contribution is -0.147. The van der Waals surface area contributed by atoms with Crippen LogP contribution in [0.1, 0.15) is 85.5 Å². The molecule has 0 aromatic carbocycles. The third-order valence-electron chi connectivity index (χ3n) is 3.96. The van der Waals surface area contributed by atoms with Gasteiger partial charge in [0.25, 0.3) is 0 Å². The molecule has 2 atom stereocenters. The van der Waals surface area contributed by atoms with E-state index in [1.807, 2.05) is 0 Å². The van der Waals surface area contributed by atoms with Gasteiger partial charge in [-0.25, -0.2) is 4.79 Å². The van der Waals surface area contributed by atoms with Crippen LogP contribution in [0, 0.1) is 5.92 Å². The molecule has 2 nitrogen and oxygen atoms in total. The van der Waals surface area contributed by atoms with Crippen molar-refractivity contribution in [3.63, 3.8) is 0 Å². The van der Waals surface area contributed by atoms with Crippen molar-refractivity contribution in [2.75, 3.05) is 0 Å². The van der Waals surface area contributed by atoms with Gasteiger partial charge in [0.05, 0.1) is 0 Å². The van der Waals surface area contributed by atoms with Crippen LogP contribution in [-0.2, 0) is 9.53 Å². The van der Waals surface area contributed by atoms with E-state index < -0.39 is 0 Å². The largest absolute Gasteiger partial charge is 0.459 e. The lowest BCUT2D eigenvalue weighted by Gasteiger charge is -2.27. The van der Waals surface area contributed by atoms with Crippen LogP contribution in [0.4, 0.5) is 0 Å². The number of carbonyl (C=O) groups excluding carboxylic acids is 1. The minimum absolute atomic E-state index is 0.0559. The van der Waals surface area contributed by atoms with Gasteiger partial charge in [0, 0.05) is 5.57 Å². The number of carbonyl (C=O) groups is 1. The van der Waals surface area contributed by atoms with E-state index in [0.717, 1.165) is 44.9 Å². The first kappa shape index (κ1) is 20.9. The number of esters is 1. The molecule has 0 spiro atoms. The standard InChI is InChI=1S/C20H36O2/c1-6-9-10-11-12-13-16-18(14-7-2)19(15-8-3)22-20(21)17(4)5/h9-10,18-19H,4,6-8,11-16H2,1-3,5H3/b10-9+. The van der Waals surface area contributed by atoms with Crippen molar-refractivity contribution >= 4 is 5.97 Å². The predicted octanol–water partition coefficient (Wildman–Crippen LogP) is 6.22. The summed E-state index contributed by atoms with van der Waals surface area (Å²) >= 11 is 0. The predicted molar refractivity (Wildman–Crippen MR) is 95.9 cm³/mol. The molecule has 22 heavy (non-hydrogen) atoms. The molecule has 128 valence electrons. The highest BCUT2D eigenvalue weighted by Crippen LogP contribution is 2.25. The minimum atomic E-state index is -0.231. The third-order valence-corrected chi connectivity index (χ3v) is 3.96. The summed E-state index contributed by atoms with van der Waals surface area (Å²) < 4.78 is 5.71. The number of rotatable bonds is 13. The lowest BCUT2D eigenvalue weighted by atomic mass is 9.88. The summed E-state index contributed by atoms with van der Waals surface area (Å²) in [6.45, 7) is 11.9. The van der Waals surface area contributed by atoms with E-state index in [1.54, 1.807) is 6.92 Å². The van der Waals surface area contributed by atoms with Gasteiger partial charge in [0.15, 0.2) is 0 Å². The highest BCUT2D eigenvalue weighted by atomic mass is 16.5. The Morgan fingerprint density at radius 3 is 2.27 bits per heavy atom. The van der Waals surface area contributed by atoms with Crippen molar-refractivity contribution in [1.29, 1.82) is 0 Å². The molecular formula is C20H36O2. The summed E-state index contributed by atoms with van der Waals surface area (Å²) in [6.07, 6.45) is 14.7. The maximum Gasteiger partial charge on any atom is 0.333 e. The molecule has 0 fully saturated rings. The Labute approximate surface area is 138 Å². The Hall–Kier alpha value is -1.05. The van der Waals surface area contributed by atoms with Gasteiger partial charge < -0.3 is 4.74 Å². The van der Waals surface area contributed by atoms with Crippen molar-refractivity contribution in [1.82, 2.24) is 0 Å². The molecule has 0 heterocycles. The van der Waals surface area contributed by atoms with Gasteiger partial charge in [-0.3, -0.25) is 0 Å². The number of hydrogen-bond donors (Lipinski definition) is 0. The van der Waals surface area contributed by atoms with E-state index in [1.165, 1.54) is 12.8 Å².